The number of nitrogens with zero attached hydrogens (tertiary/aromatic N) is 1. The molecule has 0 aliphatic carbocycles. The predicted molar refractivity (Wildman–Crippen MR) is 55.9 cm³/mol. The maximum atomic E-state index is 10.1. The van der Waals surface area contributed by atoms with Crippen LogP contribution in [0.1, 0.15) is 12.5 Å². The van der Waals surface area contributed by atoms with Gasteiger partial charge in [-0.25, -0.2) is 4.79 Å². The molecule has 62 valence electrons. The van der Waals surface area contributed by atoms with E-state index in [4.69, 9.17) is 0 Å². The van der Waals surface area contributed by atoms with E-state index in [-0.39, 0.29) is 0 Å². The number of hydrogen-bond donors (Lipinski definition) is 0. The summed E-state index contributed by atoms with van der Waals surface area (Å²) < 4.78 is -0.485. The van der Waals surface area contributed by atoms with Gasteiger partial charge in [-0.05, 0) is 35.1 Å². The zero-order valence-electron chi connectivity index (χ0n) is 6.62. The van der Waals surface area contributed by atoms with Gasteiger partial charge < -0.3 is 0 Å². The van der Waals surface area contributed by atoms with Gasteiger partial charge in [0, 0.05) is 0 Å². The van der Waals surface area contributed by atoms with Gasteiger partial charge in [-0.2, -0.15) is 4.99 Å². The largest absolute Gasteiger partial charge is 0.236 e. The highest BCUT2D eigenvalue weighted by atomic mass is 127. The van der Waals surface area contributed by atoms with Crippen LogP contribution in [0.3, 0.4) is 0 Å². The number of isocyanates is 1. The SMILES string of the molecule is CC(I)(N=C=O)c1ccccc1. The molecule has 0 spiro atoms. The summed E-state index contributed by atoms with van der Waals surface area (Å²) in [4.78, 5) is 13.8. The van der Waals surface area contributed by atoms with Crippen molar-refractivity contribution in [3.8, 4) is 0 Å². The highest BCUT2D eigenvalue weighted by Crippen LogP contribution is 2.31. The first kappa shape index (κ1) is 9.42. The molecule has 0 aromatic heterocycles. The lowest BCUT2D eigenvalue weighted by Gasteiger charge is -2.14. The van der Waals surface area contributed by atoms with E-state index in [0.717, 1.165) is 5.56 Å². The number of rotatable bonds is 2. The van der Waals surface area contributed by atoms with Gasteiger partial charge in [0.2, 0.25) is 6.08 Å². The van der Waals surface area contributed by atoms with E-state index in [2.05, 4.69) is 27.6 Å². The van der Waals surface area contributed by atoms with Gasteiger partial charge in [-0.15, -0.1) is 0 Å². The van der Waals surface area contributed by atoms with Crippen LogP contribution >= 0.6 is 22.6 Å². The molecule has 0 amide bonds. The second kappa shape index (κ2) is 3.83. The highest BCUT2D eigenvalue weighted by molar-refractivity contribution is 14.1. The Morgan fingerprint density at radius 1 is 1.42 bits per heavy atom. The molecule has 1 aromatic carbocycles. The molecule has 3 heteroatoms. The topological polar surface area (TPSA) is 29.4 Å². The summed E-state index contributed by atoms with van der Waals surface area (Å²) in [6, 6.07) is 9.65. The van der Waals surface area contributed by atoms with Crippen LogP contribution in [-0.2, 0) is 8.34 Å². The molecule has 0 heterocycles. The first-order chi connectivity index (χ1) is 5.67. The molecule has 0 bridgehead atoms. The van der Waals surface area contributed by atoms with Crippen LogP contribution in [0.25, 0.3) is 0 Å². The Hall–Kier alpha value is -0.670. The Morgan fingerprint density at radius 3 is 2.50 bits per heavy atom. The van der Waals surface area contributed by atoms with Crippen LogP contribution in [0.5, 0.6) is 0 Å². The number of aliphatic imine (C=N–C) groups is 1. The maximum Gasteiger partial charge on any atom is 0.236 e. The molecule has 0 saturated heterocycles. The zero-order chi connectivity index (χ0) is 9.03. The van der Waals surface area contributed by atoms with Crippen LogP contribution in [0.4, 0.5) is 0 Å². The van der Waals surface area contributed by atoms with Gasteiger partial charge in [0.15, 0.2) is 0 Å². The van der Waals surface area contributed by atoms with E-state index in [9.17, 15) is 4.79 Å². The summed E-state index contributed by atoms with van der Waals surface area (Å²) in [6.45, 7) is 1.87. The number of benzene rings is 1. The minimum Gasteiger partial charge on any atom is -0.211 e. The van der Waals surface area contributed by atoms with Gasteiger partial charge >= 0.3 is 0 Å². The average molecular weight is 273 g/mol. The van der Waals surface area contributed by atoms with Crippen molar-refractivity contribution >= 4 is 28.7 Å². The molecule has 1 rings (SSSR count). The summed E-state index contributed by atoms with van der Waals surface area (Å²) in [7, 11) is 0. The van der Waals surface area contributed by atoms with Gasteiger partial charge in [0.1, 0.15) is 3.55 Å². The van der Waals surface area contributed by atoms with Gasteiger partial charge in [-0.1, -0.05) is 30.3 Å². The Morgan fingerprint density at radius 2 is 2.00 bits per heavy atom. The highest BCUT2D eigenvalue weighted by Gasteiger charge is 2.20. The standard InChI is InChI=1S/C9H8INO/c1-9(10,11-7-12)8-5-3-2-4-6-8/h2-6H,1H3. The van der Waals surface area contributed by atoms with Crippen LogP contribution in [0, 0.1) is 0 Å². The zero-order valence-corrected chi connectivity index (χ0v) is 8.78. The van der Waals surface area contributed by atoms with Crippen molar-refractivity contribution in [2.45, 2.75) is 10.5 Å². The third kappa shape index (κ3) is 2.16. The molecule has 1 aromatic rings. The molecular formula is C9H8INO. The van der Waals surface area contributed by atoms with Crippen LogP contribution < -0.4 is 0 Å². The van der Waals surface area contributed by atoms with Crippen LogP contribution in [-0.4, -0.2) is 6.08 Å². The average Bonchev–Trinajstić information content (AvgIpc) is 2.06. The predicted octanol–water partition coefficient (Wildman–Crippen LogP) is 2.63. The van der Waals surface area contributed by atoms with Crippen molar-refractivity contribution in [2.75, 3.05) is 0 Å². The Labute approximate surface area is 84.8 Å². The fourth-order valence-corrected chi connectivity index (χ4v) is 1.35. The van der Waals surface area contributed by atoms with Crippen molar-refractivity contribution in [1.82, 2.24) is 0 Å². The van der Waals surface area contributed by atoms with Crippen molar-refractivity contribution in [3.63, 3.8) is 0 Å². The maximum absolute atomic E-state index is 10.1. The fraction of sp³-hybridized carbons (Fsp3) is 0.222. The Kier molecular flexibility index (Phi) is 3.00. The third-order valence-corrected chi connectivity index (χ3v) is 2.42. The molecule has 0 radical (unpaired) electrons. The Balaban J connectivity index is 3.05. The number of carbonyl (C=O) groups excluding carboxylic acids is 1. The molecule has 0 saturated carbocycles. The first-order valence-electron chi connectivity index (χ1n) is 3.50. The second-order valence-corrected chi connectivity index (χ2v) is 4.62. The minimum atomic E-state index is -0.485. The second-order valence-electron chi connectivity index (χ2n) is 2.52. The van der Waals surface area contributed by atoms with E-state index in [0.29, 0.717) is 0 Å². The molecule has 12 heavy (non-hydrogen) atoms. The van der Waals surface area contributed by atoms with Crippen molar-refractivity contribution in [1.29, 1.82) is 0 Å². The van der Waals surface area contributed by atoms with Crippen molar-refractivity contribution in [3.05, 3.63) is 35.9 Å². The molecule has 0 N–H and O–H groups in total. The summed E-state index contributed by atoms with van der Waals surface area (Å²) >= 11 is 2.11. The van der Waals surface area contributed by atoms with Crippen LogP contribution in [0.2, 0.25) is 0 Å². The molecule has 0 fully saturated rings. The van der Waals surface area contributed by atoms with Crippen LogP contribution in [0.15, 0.2) is 35.3 Å². The van der Waals surface area contributed by atoms with Crippen molar-refractivity contribution in [2.24, 2.45) is 4.99 Å². The first-order valence-corrected chi connectivity index (χ1v) is 4.58. The van der Waals surface area contributed by atoms with Gasteiger partial charge in [-0.3, -0.25) is 0 Å². The summed E-state index contributed by atoms with van der Waals surface area (Å²) in [5.74, 6) is 0. The lowest BCUT2D eigenvalue weighted by molar-refractivity contribution is 0.558. The lowest BCUT2D eigenvalue weighted by atomic mass is 10.1. The fourth-order valence-electron chi connectivity index (χ4n) is 0.893. The van der Waals surface area contributed by atoms with Crippen molar-refractivity contribution < 1.29 is 4.79 Å². The molecule has 1 atom stereocenters. The van der Waals surface area contributed by atoms with E-state index >= 15 is 0 Å². The summed E-state index contributed by atoms with van der Waals surface area (Å²) in [5.41, 5.74) is 1.01. The molecule has 2 nitrogen and oxygen atoms in total. The van der Waals surface area contributed by atoms with E-state index < -0.39 is 3.55 Å². The third-order valence-electron chi connectivity index (χ3n) is 1.56. The molecule has 1 unspecified atom stereocenters. The monoisotopic (exact) mass is 273 g/mol. The normalized spacial score (nSPS) is 14.5. The molecular weight excluding hydrogens is 265 g/mol. The number of hydrogen-bond acceptors (Lipinski definition) is 2. The summed E-state index contributed by atoms with van der Waals surface area (Å²) in [5, 5.41) is 0. The van der Waals surface area contributed by atoms with Gasteiger partial charge in [0.25, 0.3) is 0 Å². The summed E-state index contributed by atoms with van der Waals surface area (Å²) in [6.07, 6.45) is 1.57. The van der Waals surface area contributed by atoms with E-state index in [1.54, 1.807) is 6.08 Å². The molecule has 0 aliphatic heterocycles. The van der Waals surface area contributed by atoms with Gasteiger partial charge in [0.05, 0.1) is 0 Å². The van der Waals surface area contributed by atoms with E-state index in [1.165, 1.54) is 0 Å². The number of halogens is 1. The lowest BCUT2D eigenvalue weighted by Crippen LogP contribution is -2.07. The van der Waals surface area contributed by atoms with E-state index in [1.807, 2.05) is 37.3 Å². The number of alkyl halides is 1. The molecule has 0 aliphatic rings. The smallest absolute Gasteiger partial charge is 0.211 e. The quantitative estimate of drug-likeness (QED) is 0.268. The minimum absolute atomic E-state index is 0.485. The Bertz CT molecular complexity index is 302.